The maximum absolute atomic E-state index is 14.0. The molecule has 21 heavy (non-hydrogen) atoms. The van der Waals surface area contributed by atoms with E-state index in [0.29, 0.717) is 18.2 Å². The van der Waals surface area contributed by atoms with Crippen molar-refractivity contribution in [3.63, 3.8) is 0 Å². The summed E-state index contributed by atoms with van der Waals surface area (Å²) in [5, 5.41) is 12.0. The molecular formula is C14H18F4N2O. The van der Waals surface area contributed by atoms with Crippen molar-refractivity contribution < 1.29 is 22.7 Å². The van der Waals surface area contributed by atoms with Gasteiger partial charge in [0, 0.05) is 19.1 Å². The summed E-state index contributed by atoms with van der Waals surface area (Å²) < 4.78 is 53.0. The Morgan fingerprint density at radius 2 is 1.86 bits per heavy atom. The van der Waals surface area contributed by atoms with Crippen LogP contribution in [-0.4, -0.2) is 37.3 Å². The van der Waals surface area contributed by atoms with Crippen molar-refractivity contribution in [2.75, 3.05) is 24.6 Å². The summed E-state index contributed by atoms with van der Waals surface area (Å²) in [6.45, 7) is -1.20. The normalized spacial score (nSPS) is 14.8. The lowest BCUT2D eigenvalue weighted by atomic mass is 10.1. The van der Waals surface area contributed by atoms with Gasteiger partial charge in [-0.25, -0.2) is 17.6 Å². The van der Waals surface area contributed by atoms with Crippen molar-refractivity contribution in [3.8, 4) is 0 Å². The summed E-state index contributed by atoms with van der Waals surface area (Å²) in [6.07, 6.45) is -0.629. The molecule has 1 aliphatic rings. The molecule has 0 atom stereocenters. The van der Waals surface area contributed by atoms with Gasteiger partial charge >= 0.3 is 0 Å². The molecule has 1 aromatic rings. The first-order valence-corrected chi connectivity index (χ1v) is 6.86. The fourth-order valence-corrected chi connectivity index (χ4v) is 2.15. The van der Waals surface area contributed by atoms with Gasteiger partial charge in [-0.05, 0) is 30.5 Å². The highest BCUT2D eigenvalue weighted by Gasteiger charge is 2.23. The van der Waals surface area contributed by atoms with Gasteiger partial charge in [0.2, 0.25) is 0 Å². The average molecular weight is 306 g/mol. The molecule has 7 heteroatoms. The van der Waals surface area contributed by atoms with Gasteiger partial charge in [-0.1, -0.05) is 0 Å². The van der Waals surface area contributed by atoms with Gasteiger partial charge in [0.25, 0.3) is 6.43 Å². The van der Waals surface area contributed by atoms with E-state index in [0.717, 1.165) is 29.9 Å². The minimum Gasteiger partial charge on any atom is -0.395 e. The molecule has 0 heterocycles. The molecule has 1 fully saturated rings. The molecule has 118 valence electrons. The van der Waals surface area contributed by atoms with Crippen LogP contribution in [0.15, 0.2) is 12.1 Å². The van der Waals surface area contributed by atoms with Crippen LogP contribution in [-0.2, 0) is 6.54 Å². The van der Waals surface area contributed by atoms with Crippen LogP contribution in [0.25, 0.3) is 0 Å². The zero-order chi connectivity index (χ0) is 15.4. The third kappa shape index (κ3) is 4.57. The fraction of sp³-hybridized carbons (Fsp3) is 0.571. The van der Waals surface area contributed by atoms with Crippen molar-refractivity contribution in [3.05, 3.63) is 29.3 Å². The minimum atomic E-state index is -2.74. The fourth-order valence-electron chi connectivity index (χ4n) is 2.15. The number of hydrogen-bond acceptors (Lipinski definition) is 3. The Kier molecular flexibility index (Phi) is 5.41. The molecule has 0 saturated heterocycles. The number of nitrogens with one attached hydrogen (secondary N) is 1. The Morgan fingerprint density at radius 3 is 2.33 bits per heavy atom. The zero-order valence-electron chi connectivity index (χ0n) is 11.5. The second kappa shape index (κ2) is 7.09. The summed E-state index contributed by atoms with van der Waals surface area (Å²) in [5.74, 6) is -1.78. The number of aliphatic hydroxyl groups excluding tert-OH is 1. The highest BCUT2D eigenvalue weighted by atomic mass is 19.3. The van der Waals surface area contributed by atoms with Gasteiger partial charge in [-0.3, -0.25) is 0 Å². The number of rotatable bonds is 8. The Hall–Kier alpha value is -1.34. The number of hydrogen-bond donors (Lipinski definition) is 2. The Morgan fingerprint density at radius 1 is 1.24 bits per heavy atom. The second-order valence-electron chi connectivity index (χ2n) is 5.12. The highest BCUT2D eigenvalue weighted by Crippen LogP contribution is 2.26. The topological polar surface area (TPSA) is 35.5 Å². The maximum atomic E-state index is 14.0. The molecule has 2 rings (SSSR count). The number of alkyl halides is 2. The van der Waals surface area contributed by atoms with Crippen molar-refractivity contribution in [2.24, 2.45) is 0 Å². The van der Waals surface area contributed by atoms with E-state index in [2.05, 4.69) is 5.32 Å². The zero-order valence-corrected chi connectivity index (χ0v) is 11.5. The summed E-state index contributed by atoms with van der Waals surface area (Å²) >= 11 is 0. The van der Waals surface area contributed by atoms with Crippen molar-refractivity contribution in [2.45, 2.75) is 31.9 Å². The quantitative estimate of drug-likeness (QED) is 0.723. The average Bonchev–Trinajstić information content (AvgIpc) is 3.19. The van der Waals surface area contributed by atoms with Crippen LogP contribution in [0.2, 0.25) is 0 Å². The van der Waals surface area contributed by atoms with Gasteiger partial charge in [-0.15, -0.1) is 0 Å². The predicted molar refractivity (Wildman–Crippen MR) is 71.5 cm³/mol. The van der Waals surface area contributed by atoms with E-state index < -0.39 is 36.9 Å². The van der Waals surface area contributed by atoms with E-state index in [4.69, 9.17) is 5.11 Å². The number of halogens is 4. The van der Waals surface area contributed by atoms with Crippen LogP contribution in [0.3, 0.4) is 0 Å². The minimum absolute atomic E-state index is 0.252. The third-order valence-corrected chi connectivity index (χ3v) is 3.29. The molecule has 2 N–H and O–H groups in total. The van der Waals surface area contributed by atoms with E-state index in [1.807, 2.05) is 0 Å². The van der Waals surface area contributed by atoms with Crippen molar-refractivity contribution >= 4 is 5.69 Å². The first-order chi connectivity index (χ1) is 10.0. The number of anilines is 1. The molecule has 1 aromatic carbocycles. The lowest BCUT2D eigenvalue weighted by Gasteiger charge is -2.24. The molecule has 0 amide bonds. The first-order valence-electron chi connectivity index (χ1n) is 6.86. The standard InChI is InChI=1S/C14H18F4N2O/c15-11-5-9(7-19-10-1-2-10)6-12(16)14(11)20(3-4-21)8-13(17)18/h5-6,10,13,19,21H,1-4,7-8H2. The van der Waals surface area contributed by atoms with Crippen LogP contribution in [0.5, 0.6) is 0 Å². The van der Waals surface area contributed by atoms with E-state index in [1.54, 1.807) is 0 Å². The largest absolute Gasteiger partial charge is 0.395 e. The molecule has 0 spiro atoms. The SMILES string of the molecule is OCCN(CC(F)F)c1c(F)cc(CNC2CC2)cc1F. The Balaban J connectivity index is 2.16. The van der Waals surface area contributed by atoms with E-state index in [1.165, 1.54) is 0 Å². The molecule has 0 unspecified atom stereocenters. The van der Waals surface area contributed by atoms with Crippen LogP contribution in [0.4, 0.5) is 23.2 Å². The van der Waals surface area contributed by atoms with Gasteiger partial charge in [-0.2, -0.15) is 0 Å². The highest BCUT2D eigenvalue weighted by molar-refractivity contribution is 5.51. The third-order valence-electron chi connectivity index (χ3n) is 3.29. The van der Waals surface area contributed by atoms with Crippen LogP contribution in [0.1, 0.15) is 18.4 Å². The molecule has 0 radical (unpaired) electrons. The van der Waals surface area contributed by atoms with E-state index in [9.17, 15) is 17.6 Å². The number of benzene rings is 1. The summed E-state index contributed by atoms with van der Waals surface area (Å²) in [7, 11) is 0. The van der Waals surface area contributed by atoms with E-state index >= 15 is 0 Å². The number of aliphatic hydroxyl groups is 1. The summed E-state index contributed by atoms with van der Waals surface area (Å²) in [5.41, 5.74) is -0.0823. The van der Waals surface area contributed by atoms with Crippen LogP contribution in [0, 0.1) is 11.6 Å². The van der Waals surface area contributed by atoms with Crippen molar-refractivity contribution in [1.82, 2.24) is 5.32 Å². The molecule has 0 aromatic heterocycles. The lowest BCUT2D eigenvalue weighted by Crippen LogP contribution is -2.33. The smallest absolute Gasteiger partial charge is 0.255 e. The van der Waals surface area contributed by atoms with Gasteiger partial charge in [0.05, 0.1) is 13.2 Å². The summed E-state index contributed by atoms with van der Waals surface area (Å²) in [6, 6.07) is 2.69. The lowest BCUT2D eigenvalue weighted by molar-refractivity contribution is 0.152. The predicted octanol–water partition coefficient (Wildman–Crippen LogP) is 2.28. The second-order valence-corrected chi connectivity index (χ2v) is 5.12. The molecule has 0 aliphatic heterocycles. The molecule has 1 aliphatic carbocycles. The summed E-state index contributed by atoms with van der Waals surface area (Å²) in [4.78, 5) is 0.827. The molecular weight excluding hydrogens is 288 g/mol. The molecule has 3 nitrogen and oxygen atoms in total. The Labute approximate surface area is 120 Å². The molecule has 0 bridgehead atoms. The van der Waals surface area contributed by atoms with Crippen LogP contribution >= 0.6 is 0 Å². The van der Waals surface area contributed by atoms with Crippen molar-refractivity contribution in [1.29, 1.82) is 0 Å². The number of nitrogens with zero attached hydrogens (tertiary/aromatic N) is 1. The Bertz CT molecular complexity index is 457. The maximum Gasteiger partial charge on any atom is 0.255 e. The first kappa shape index (κ1) is 16.0. The van der Waals surface area contributed by atoms with E-state index in [-0.39, 0.29) is 6.54 Å². The van der Waals surface area contributed by atoms with Gasteiger partial charge in [0.15, 0.2) is 0 Å². The van der Waals surface area contributed by atoms with Gasteiger partial charge < -0.3 is 15.3 Å². The van der Waals surface area contributed by atoms with Crippen LogP contribution < -0.4 is 10.2 Å². The monoisotopic (exact) mass is 306 g/mol. The van der Waals surface area contributed by atoms with Gasteiger partial charge in [0.1, 0.15) is 17.3 Å². The molecule has 1 saturated carbocycles.